The number of esters is 1. The normalized spacial score (nSPS) is 25.1. The Labute approximate surface area is 132 Å². The zero-order valence-corrected chi connectivity index (χ0v) is 13.0. The minimum Gasteiger partial charge on any atom is -0.468 e. The Morgan fingerprint density at radius 2 is 2.09 bits per heavy atom. The smallest absolute Gasteiger partial charge is 0.325 e. The van der Waals surface area contributed by atoms with E-state index in [1.165, 1.54) is 12.1 Å². The number of hydrogen-bond donors (Lipinski definition) is 0. The zero-order valence-electron chi connectivity index (χ0n) is 11.5. The fraction of sp³-hybridized carbons (Fsp3) is 0.429. The molecule has 0 N–H and O–H groups in total. The van der Waals surface area contributed by atoms with Gasteiger partial charge in [0.15, 0.2) is 0 Å². The lowest BCUT2D eigenvalue weighted by molar-refractivity contribution is -0.141. The second kappa shape index (κ2) is 4.71. The third kappa shape index (κ3) is 1.96. The molecule has 8 heteroatoms. The number of alkyl halides is 2. The van der Waals surface area contributed by atoms with Gasteiger partial charge in [0.1, 0.15) is 12.4 Å². The van der Waals surface area contributed by atoms with Gasteiger partial charge in [-0.15, -0.1) is 0 Å². The van der Waals surface area contributed by atoms with E-state index in [9.17, 15) is 22.8 Å². The first-order chi connectivity index (χ1) is 10.2. The summed E-state index contributed by atoms with van der Waals surface area (Å²) < 4.78 is 46.7. The van der Waals surface area contributed by atoms with Gasteiger partial charge in [-0.3, -0.25) is 9.59 Å². The second-order valence-corrected chi connectivity index (χ2v) is 6.34. The Balaban J connectivity index is 2.11. The third-order valence-corrected chi connectivity index (χ3v) is 4.81. The van der Waals surface area contributed by atoms with Crippen LogP contribution in [0, 0.1) is 5.82 Å². The zero-order chi connectivity index (χ0) is 16.3. The summed E-state index contributed by atoms with van der Waals surface area (Å²) in [5.74, 6) is -5.33. The Bertz CT molecular complexity index is 694. The molecular weight excluding hydrogens is 367 g/mol. The molecule has 1 aliphatic carbocycles. The van der Waals surface area contributed by atoms with E-state index in [2.05, 4.69) is 20.7 Å². The number of halogens is 4. The minimum atomic E-state index is -3.11. The van der Waals surface area contributed by atoms with Crippen molar-refractivity contribution in [3.63, 3.8) is 0 Å². The number of nitrogens with zero attached hydrogens (tertiary/aromatic N) is 1. The van der Waals surface area contributed by atoms with E-state index in [4.69, 9.17) is 0 Å². The van der Waals surface area contributed by atoms with Crippen LogP contribution in [0.15, 0.2) is 16.6 Å². The van der Waals surface area contributed by atoms with Gasteiger partial charge in [-0.2, -0.15) is 0 Å². The number of carbonyl (C=O) groups is 2. The van der Waals surface area contributed by atoms with Gasteiger partial charge in [0.25, 0.3) is 11.8 Å². The maximum atomic E-state index is 14.3. The largest absolute Gasteiger partial charge is 0.468 e. The lowest BCUT2D eigenvalue weighted by Gasteiger charge is -2.34. The first-order valence-electron chi connectivity index (χ1n) is 6.46. The summed E-state index contributed by atoms with van der Waals surface area (Å²) in [6.45, 7) is -0.849. The molecule has 2 aliphatic rings. The van der Waals surface area contributed by atoms with Gasteiger partial charge >= 0.3 is 5.97 Å². The molecule has 118 valence electrons. The predicted molar refractivity (Wildman–Crippen MR) is 73.3 cm³/mol. The van der Waals surface area contributed by atoms with Crippen molar-refractivity contribution in [2.75, 3.05) is 20.2 Å². The number of rotatable bonds is 2. The monoisotopic (exact) mass is 377 g/mol. The molecule has 1 fully saturated rings. The average molecular weight is 378 g/mol. The van der Waals surface area contributed by atoms with Crippen LogP contribution in [0.25, 0.3) is 0 Å². The summed E-state index contributed by atoms with van der Waals surface area (Å²) in [7, 11) is 1.14. The Kier molecular flexibility index (Phi) is 3.28. The van der Waals surface area contributed by atoms with Crippen LogP contribution in [0.5, 0.6) is 0 Å². The van der Waals surface area contributed by atoms with Gasteiger partial charge in [0.05, 0.1) is 17.0 Å². The predicted octanol–water partition coefficient (Wildman–Crippen LogP) is 2.49. The van der Waals surface area contributed by atoms with Crippen LogP contribution in [0.3, 0.4) is 0 Å². The Morgan fingerprint density at radius 3 is 2.64 bits per heavy atom. The first-order valence-corrected chi connectivity index (χ1v) is 7.25. The summed E-state index contributed by atoms with van der Waals surface area (Å²) in [6.07, 6.45) is -0.550. The number of ether oxygens (including phenoxy) is 1. The molecule has 1 aromatic rings. The van der Waals surface area contributed by atoms with Crippen molar-refractivity contribution in [1.29, 1.82) is 0 Å². The molecule has 0 bridgehead atoms. The maximum absolute atomic E-state index is 14.3. The molecule has 3 rings (SSSR count). The van der Waals surface area contributed by atoms with Gasteiger partial charge < -0.3 is 9.64 Å². The van der Waals surface area contributed by atoms with E-state index >= 15 is 0 Å². The highest BCUT2D eigenvalue weighted by atomic mass is 79.9. The van der Waals surface area contributed by atoms with E-state index in [1.807, 2.05) is 0 Å². The number of benzene rings is 1. The SMILES string of the molecule is COC(=O)CN1CC2(CC2(F)F)c2c(ccc(Br)c2F)C1=O. The minimum absolute atomic E-state index is 0.0301. The van der Waals surface area contributed by atoms with E-state index < -0.39 is 48.5 Å². The molecule has 1 spiro atoms. The van der Waals surface area contributed by atoms with Crippen molar-refractivity contribution >= 4 is 27.8 Å². The summed E-state index contributed by atoms with van der Waals surface area (Å²) in [4.78, 5) is 24.7. The fourth-order valence-corrected chi connectivity index (χ4v) is 3.30. The van der Waals surface area contributed by atoms with Crippen molar-refractivity contribution in [3.8, 4) is 0 Å². The van der Waals surface area contributed by atoms with E-state index in [1.54, 1.807) is 0 Å². The number of fused-ring (bicyclic) bond motifs is 2. The Morgan fingerprint density at radius 1 is 1.45 bits per heavy atom. The van der Waals surface area contributed by atoms with E-state index in [-0.39, 0.29) is 15.6 Å². The number of amides is 1. The van der Waals surface area contributed by atoms with Crippen LogP contribution >= 0.6 is 15.9 Å². The summed E-state index contributed by atoms with van der Waals surface area (Å²) in [5, 5.41) is 0. The molecule has 1 atom stereocenters. The highest BCUT2D eigenvalue weighted by Crippen LogP contribution is 2.64. The van der Waals surface area contributed by atoms with Crippen molar-refractivity contribution in [2.45, 2.75) is 17.8 Å². The molecule has 1 aromatic carbocycles. The molecule has 0 radical (unpaired) electrons. The van der Waals surface area contributed by atoms with Gasteiger partial charge in [-0.25, -0.2) is 13.2 Å². The first kappa shape index (κ1) is 15.3. The molecule has 22 heavy (non-hydrogen) atoms. The fourth-order valence-electron chi connectivity index (χ4n) is 2.97. The molecule has 0 saturated heterocycles. The standard InChI is InChI=1S/C14H11BrF3NO3/c1-22-9(20)4-19-6-13(5-14(13,17)18)10-7(12(19)21)2-3-8(15)11(10)16/h2-3H,4-6H2,1H3. The molecule has 1 aliphatic heterocycles. The highest BCUT2D eigenvalue weighted by molar-refractivity contribution is 9.10. The molecule has 1 saturated carbocycles. The van der Waals surface area contributed by atoms with Crippen LogP contribution in [0.2, 0.25) is 0 Å². The number of carbonyl (C=O) groups excluding carboxylic acids is 2. The van der Waals surface area contributed by atoms with Gasteiger partial charge in [0.2, 0.25) is 0 Å². The molecular formula is C14H11BrF3NO3. The third-order valence-electron chi connectivity index (χ3n) is 4.20. The van der Waals surface area contributed by atoms with Crippen molar-refractivity contribution < 1.29 is 27.5 Å². The van der Waals surface area contributed by atoms with Crippen molar-refractivity contribution in [3.05, 3.63) is 33.5 Å². The van der Waals surface area contributed by atoms with E-state index in [0.717, 1.165) is 12.0 Å². The molecule has 1 heterocycles. The van der Waals surface area contributed by atoms with Crippen LogP contribution in [-0.4, -0.2) is 42.9 Å². The summed E-state index contributed by atoms with van der Waals surface area (Å²) in [6, 6.07) is 2.59. The molecule has 4 nitrogen and oxygen atoms in total. The van der Waals surface area contributed by atoms with Gasteiger partial charge in [-0.1, -0.05) is 0 Å². The quantitative estimate of drug-likeness (QED) is 0.744. The van der Waals surface area contributed by atoms with E-state index in [0.29, 0.717) is 0 Å². The van der Waals surface area contributed by atoms with Crippen LogP contribution < -0.4 is 0 Å². The van der Waals surface area contributed by atoms with Crippen LogP contribution in [0.4, 0.5) is 13.2 Å². The van der Waals surface area contributed by atoms with Crippen LogP contribution in [0.1, 0.15) is 22.3 Å². The Hall–Kier alpha value is -1.57. The molecule has 1 amide bonds. The molecule has 0 aromatic heterocycles. The number of methoxy groups -OCH3 is 1. The summed E-state index contributed by atoms with van der Waals surface area (Å²) >= 11 is 2.96. The number of hydrogen-bond acceptors (Lipinski definition) is 3. The van der Waals surface area contributed by atoms with Gasteiger partial charge in [0, 0.05) is 24.1 Å². The topological polar surface area (TPSA) is 46.6 Å². The van der Waals surface area contributed by atoms with Gasteiger partial charge in [-0.05, 0) is 28.1 Å². The maximum Gasteiger partial charge on any atom is 0.325 e. The molecule has 1 unspecified atom stereocenters. The average Bonchev–Trinajstić information content (AvgIpc) is 3.00. The summed E-state index contributed by atoms with van der Waals surface area (Å²) in [5.41, 5.74) is -2.16. The van der Waals surface area contributed by atoms with Crippen LogP contribution in [-0.2, 0) is 14.9 Å². The van der Waals surface area contributed by atoms with Crippen molar-refractivity contribution in [2.24, 2.45) is 0 Å². The lowest BCUT2D eigenvalue weighted by Crippen LogP contribution is -2.48. The highest BCUT2D eigenvalue weighted by Gasteiger charge is 2.75. The second-order valence-electron chi connectivity index (χ2n) is 5.48. The lowest BCUT2D eigenvalue weighted by atomic mass is 9.85. The van der Waals surface area contributed by atoms with Crippen molar-refractivity contribution in [1.82, 2.24) is 4.90 Å².